The van der Waals surface area contributed by atoms with Crippen LogP contribution in [0.3, 0.4) is 0 Å². The van der Waals surface area contributed by atoms with E-state index >= 15 is 0 Å². The molecule has 0 bridgehead atoms. The summed E-state index contributed by atoms with van der Waals surface area (Å²) in [5.41, 5.74) is 1.14. The highest BCUT2D eigenvalue weighted by Gasteiger charge is 2.32. The van der Waals surface area contributed by atoms with Crippen molar-refractivity contribution in [2.45, 2.75) is 44.6 Å². The van der Waals surface area contributed by atoms with E-state index in [2.05, 4.69) is 10.3 Å². The average Bonchev–Trinajstić information content (AvgIpc) is 2.99. The lowest BCUT2D eigenvalue weighted by Crippen LogP contribution is -2.34. The van der Waals surface area contributed by atoms with Gasteiger partial charge in [-0.3, -0.25) is 9.78 Å². The number of hydrogen-bond donors (Lipinski definition) is 1. The Hall–Kier alpha value is -2.41. The molecular formula is C20H22F3N3O. The minimum absolute atomic E-state index is 0.0622. The fourth-order valence-corrected chi connectivity index (χ4v) is 3.31. The lowest BCUT2D eigenvalue weighted by Gasteiger charge is -2.25. The highest BCUT2D eigenvalue weighted by molar-refractivity contribution is 5.78. The van der Waals surface area contributed by atoms with Crippen molar-refractivity contribution in [1.82, 2.24) is 15.2 Å². The molecule has 144 valence electrons. The summed E-state index contributed by atoms with van der Waals surface area (Å²) in [7, 11) is 0. The van der Waals surface area contributed by atoms with E-state index in [4.69, 9.17) is 0 Å². The molecule has 4 nitrogen and oxygen atoms in total. The summed E-state index contributed by atoms with van der Waals surface area (Å²) in [5.74, 6) is 0.0622. The molecule has 3 rings (SSSR count). The standard InChI is InChI=1S/C20H22F3N3O/c21-20(22,23)17-5-3-15(4-6-17)14-26-18(7-8-19(26)27)9-11-25-13-16-2-1-10-24-12-16/h1-6,10,12,18,25H,7-9,11,13-14H2. The normalized spacial score (nSPS) is 17.5. The van der Waals surface area contributed by atoms with Crippen molar-refractivity contribution in [1.29, 1.82) is 0 Å². The molecule has 1 N–H and O–H groups in total. The van der Waals surface area contributed by atoms with E-state index in [0.29, 0.717) is 25.1 Å². The van der Waals surface area contributed by atoms with Gasteiger partial charge in [-0.2, -0.15) is 13.2 Å². The molecule has 0 saturated carbocycles. The molecule has 1 amide bonds. The second kappa shape index (κ2) is 8.52. The number of rotatable bonds is 7. The minimum atomic E-state index is -4.34. The Morgan fingerprint density at radius 3 is 2.59 bits per heavy atom. The van der Waals surface area contributed by atoms with Gasteiger partial charge in [-0.25, -0.2) is 0 Å². The molecule has 0 aliphatic carbocycles. The maximum Gasteiger partial charge on any atom is 0.416 e. The van der Waals surface area contributed by atoms with E-state index in [1.807, 2.05) is 18.3 Å². The second-order valence-electron chi connectivity index (χ2n) is 6.74. The van der Waals surface area contributed by atoms with E-state index in [1.54, 1.807) is 11.1 Å². The van der Waals surface area contributed by atoms with Gasteiger partial charge < -0.3 is 10.2 Å². The van der Waals surface area contributed by atoms with E-state index in [9.17, 15) is 18.0 Å². The first-order valence-corrected chi connectivity index (χ1v) is 8.99. The van der Waals surface area contributed by atoms with Gasteiger partial charge in [0.1, 0.15) is 0 Å². The van der Waals surface area contributed by atoms with Crippen LogP contribution in [0.4, 0.5) is 13.2 Å². The zero-order valence-electron chi connectivity index (χ0n) is 14.9. The number of alkyl halides is 3. The maximum absolute atomic E-state index is 12.7. The Morgan fingerprint density at radius 2 is 1.93 bits per heavy atom. The third-order valence-electron chi connectivity index (χ3n) is 4.79. The van der Waals surface area contributed by atoms with Crippen molar-refractivity contribution in [3.8, 4) is 0 Å². The highest BCUT2D eigenvalue weighted by Crippen LogP contribution is 2.30. The molecule has 1 aliphatic heterocycles. The van der Waals surface area contributed by atoms with Gasteiger partial charge in [-0.15, -0.1) is 0 Å². The van der Waals surface area contributed by atoms with Gasteiger partial charge in [-0.05, 0) is 48.7 Å². The molecule has 0 radical (unpaired) electrons. The van der Waals surface area contributed by atoms with Crippen molar-refractivity contribution in [2.75, 3.05) is 6.54 Å². The fraction of sp³-hybridized carbons (Fsp3) is 0.400. The average molecular weight is 377 g/mol. The summed E-state index contributed by atoms with van der Waals surface area (Å²) in [6.07, 6.45) is 1.29. The Bertz CT molecular complexity index is 747. The van der Waals surface area contributed by atoms with Crippen LogP contribution >= 0.6 is 0 Å². The van der Waals surface area contributed by atoms with Gasteiger partial charge in [-0.1, -0.05) is 18.2 Å². The number of halogens is 3. The topological polar surface area (TPSA) is 45.2 Å². The molecule has 27 heavy (non-hydrogen) atoms. The third kappa shape index (κ3) is 5.29. The number of hydrogen-bond acceptors (Lipinski definition) is 3. The van der Waals surface area contributed by atoms with Gasteiger partial charge in [0.05, 0.1) is 5.56 Å². The maximum atomic E-state index is 12.7. The summed E-state index contributed by atoms with van der Waals surface area (Å²) >= 11 is 0. The molecule has 1 aliphatic rings. The summed E-state index contributed by atoms with van der Waals surface area (Å²) in [5, 5.41) is 3.35. The third-order valence-corrected chi connectivity index (χ3v) is 4.79. The van der Waals surface area contributed by atoms with Crippen molar-refractivity contribution in [3.05, 3.63) is 65.5 Å². The molecule has 1 atom stereocenters. The number of nitrogens with zero attached hydrogens (tertiary/aromatic N) is 2. The molecule has 1 aromatic heterocycles. The van der Waals surface area contributed by atoms with Crippen LogP contribution in [0.1, 0.15) is 36.0 Å². The highest BCUT2D eigenvalue weighted by atomic mass is 19.4. The van der Waals surface area contributed by atoms with Gasteiger partial charge >= 0.3 is 6.18 Å². The number of aromatic nitrogens is 1. The number of carbonyl (C=O) groups excluding carboxylic acids is 1. The van der Waals surface area contributed by atoms with Crippen LogP contribution in [0, 0.1) is 0 Å². The molecule has 2 heterocycles. The summed E-state index contributed by atoms with van der Waals surface area (Å²) in [4.78, 5) is 18.0. The molecular weight excluding hydrogens is 355 g/mol. The Morgan fingerprint density at radius 1 is 1.15 bits per heavy atom. The predicted molar refractivity (Wildman–Crippen MR) is 95.6 cm³/mol. The zero-order valence-corrected chi connectivity index (χ0v) is 14.9. The van der Waals surface area contributed by atoms with Gasteiger partial charge in [0.15, 0.2) is 0 Å². The predicted octanol–water partition coefficient (Wildman–Crippen LogP) is 3.77. The number of carbonyl (C=O) groups is 1. The first-order chi connectivity index (χ1) is 12.9. The van der Waals surface area contributed by atoms with Crippen LogP contribution in [0.2, 0.25) is 0 Å². The fourth-order valence-electron chi connectivity index (χ4n) is 3.31. The Balaban J connectivity index is 1.51. The van der Waals surface area contributed by atoms with E-state index in [1.165, 1.54) is 12.1 Å². The molecule has 7 heteroatoms. The number of pyridine rings is 1. The van der Waals surface area contributed by atoms with Crippen molar-refractivity contribution in [3.63, 3.8) is 0 Å². The van der Waals surface area contributed by atoms with Crippen molar-refractivity contribution in [2.24, 2.45) is 0 Å². The van der Waals surface area contributed by atoms with Gasteiger partial charge in [0, 0.05) is 37.9 Å². The van der Waals surface area contributed by atoms with Crippen LogP contribution in [-0.4, -0.2) is 28.4 Å². The van der Waals surface area contributed by atoms with Crippen LogP contribution in [0.25, 0.3) is 0 Å². The lowest BCUT2D eigenvalue weighted by atomic mass is 10.1. The van der Waals surface area contributed by atoms with E-state index in [0.717, 1.165) is 37.1 Å². The van der Waals surface area contributed by atoms with Crippen molar-refractivity contribution < 1.29 is 18.0 Å². The van der Waals surface area contributed by atoms with Gasteiger partial charge in [0.25, 0.3) is 0 Å². The van der Waals surface area contributed by atoms with Gasteiger partial charge in [0.2, 0.25) is 5.91 Å². The minimum Gasteiger partial charge on any atom is -0.335 e. The van der Waals surface area contributed by atoms with Crippen LogP contribution < -0.4 is 5.32 Å². The molecule has 1 saturated heterocycles. The molecule has 0 spiro atoms. The lowest BCUT2D eigenvalue weighted by molar-refractivity contribution is -0.137. The molecule has 2 aromatic rings. The second-order valence-corrected chi connectivity index (χ2v) is 6.74. The quantitative estimate of drug-likeness (QED) is 0.747. The van der Waals surface area contributed by atoms with E-state index in [-0.39, 0.29) is 11.9 Å². The Kier molecular flexibility index (Phi) is 6.11. The number of likely N-dealkylation sites (tertiary alicyclic amines) is 1. The molecule has 1 fully saturated rings. The summed E-state index contributed by atoms with van der Waals surface area (Å²) in [6, 6.07) is 9.04. The van der Waals surface area contributed by atoms with Crippen LogP contribution in [-0.2, 0) is 24.1 Å². The zero-order chi connectivity index (χ0) is 19.3. The Labute approximate surface area is 156 Å². The number of benzene rings is 1. The SMILES string of the molecule is O=C1CCC(CCNCc2cccnc2)N1Cc1ccc(C(F)(F)F)cc1. The first-order valence-electron chi connectivity index (χ1n) is 8.99. The molecule has 1 aromatic carbocycles. The summed E-state index contributed by atoms with van der Waals surface area (Å²) in [6.45, 7) is 1.83. The number of amides is 1. The largest absolute Gasteiger partial charge is 0.416 e. The molecule has 1 unspecified atom stereocenters. The van der Waals surface area contributed by atoms with Crippen LogP contribution in [0.15, 0.2) is 48.8 Å². The first kappa shape index (κ1) is 19.4. The smallest absolute Gasteiger partial charge is 0.335 e. The van der Waals surface area contributed by atoms with E-state index < -0.39 is 11.7 Å². The number of nitrogens with one attached hydrogen (secondary N) is 1. The van der Waals surface area contributed by atoms with Crippen molar-refractivity contribution >= 4 is 5.91 Å². The summed E-state index contributed by atoms with van der Waals surface area (Å²) < 4.78 is 38.0. The monoisotopic (exact) mass is 377 g/mol. The van der Waals surface area contributed by atoms with Crippen LogP contribution in [0.5, 0.6) is 0 Å².